The minimum absolute atomic E-state index is 0.0475. The Morgan fingerprint density at radius 1 is 1.45 bits per heavy atom. The van der Waals surface area contributed by atoms with Crippen LogP contribution in [0.4, 0.5) is 0 Å². The monoisotopic (exact) mass is 276 g/mol. The zero-order chi connectivity index (χ0) is 14.4. The van der Waals surface area contributed by atoms with Crippen molar-refractivity contribution in [3.63, 3.8) is 0 Å². The van der Waals surface area contributed by atoms with Crippen LogP contribution in [0.3, 0.4) is 0 Å². The lowest BCUT2D eigenvalue weighted by Gasteiger charge is -2.19. The van der Waals surface area contributed by atoms with E-state index in [0.29, 0.717) is 6.54 Å². The minimum atomic E-state index is -0.268. The molecule has 2 atom stereocenters. The summed E-state index contributed by atoms with van der Waals surface area (Å²) in [6, 6.07) is 5.40. The average Bonchev–Trinajstić information content (AvgIpc) is 3.08. The van der Waals surface area contributed by atoms with Gasteiger partial charge in [-0.05, 0) is 32.0 Å². The Balaban J connectivity index is 1.72. The third kappa shape index (κ3) is 4.24. The first kappa shape index (κ1) is 14.3. The second-order valence-electron chi connectivity index (χ2n) is 4.81. The lowest BCUT2D eigenvalue weighted by atomic mass is 10.2. The van der Waals surface area contributed by atoms with Gasteiger partial charge in [0.05, 0.1) is 25.4 Å². The van der Waals surface area contributed by atoms with Crippen molar-refractivity contribution in [3.8, 4) is 0 Å². The lowest BCUT2D eigenvalue weighted by Crippen LogP contribution is -2.46. The Labute approximate surface area is 118 Å². The molecule has 108 valence electrons. The van der Waals surface area contributed by atoms with Gasteiger partial charge in [-0.1, -0.05) is 0 Å². The van der Waals surface area contributed by atoms with E-state index in [2.05, 4.69) is 15.7 Å². The number of nitrogens with one attached hydrogen (secondary N) is 2. The SMILES string of the molecule is CC(Cn1cccn1)NC(C)C(=O)NCc1ccco1. The molecule has 6 heteroatoms. The zero-order valence-electron chi connectivity index (χ0n) is 11.7. The molecule has 2 N–H and O–H groups in total. The molecular weight excluding hydrogens is 256 g/mol. The van der Waals surface area contributed by atoms with Gasteiger partial charge < -0.3 is 15.1 Å². The number of carbonyl (C=O) groups excluding carboxylic acids is 1. The summed E-state index contributed by atoms with van der Waals surface area (Å²) in [4.78, 5) is 11.9. The van der Waals surface area contributed by atoms with Crippen molar-refractivity contribution in [2.24, 2.45) is 0 Å². The van der Waals surface area contributed by atoms with Crippen molar-refractivity contribution in [2.75, 3.05) is 0 Å². The van der Waals surface area contributed by atoms with Crippen molar-refractivity contribution < 1.29 is 9.21 Å². The number of furan rings is 1. The van der Waals surface area contributed by atoms with Gasteiger partial charge >= 0.3 is 0 Å². The van der Waals surface area contributed by atoms with Gasteiger partial charge in [0, 0.05) is 18.4 Å². The van der Waals surface area contributed by atoms with Gasteiger partial charge in [-0.25, -0.2) is 0 Å². The first-order chi connectivity index (χ1) is 9.65. The van der Waals surface area contributed by atoms with Crippen LogP contribution in [-0.2, 0) is 17.9 Å². The number of aromatic nitrogens is 2. The van der Waals surface area contributed by atoms with Crippen molar-refractivity contribution in [1.82, 2.24) is 20.4 Å². The summed E-state index contributed by atoms with van der Waals surface area (Å²) in [7, 11) is 0. The Bertz CT molecular complexity index is 507. The highest BCUT2D eigenvalue weighted by atomic mass is 16.3. The first-order valence-corrected chi connectivity index (χ1v) is 6.68. The molecule has 2 heterocycles. The number of nitrogens with zero attached hydrogens (tertiary/aromatic N) is 2. The van der Waals surface area contributed by atoms with Gasteiger partial charge in [-0.3, -0.25) is 9.48 Å². The van der Waals surface area contributed by atoms with Gasteiger partial charge in [-0.2, -0.15) is 5.10 Å². The van der Waals surface area contributed by atoms with E-state index in [1.54, 1.807) is 18.5 Å². The number of hydrogen-bond acceptors (Lipinski definition) is 4. The summed E-state index contributed by atoms with van der Waals surface area (Å²) in [5.41, 5.74) is 0. The summed E-state index contributed by atoms with van der Waals surface area (Å²) < 4.78 is 7.01. The predicted molar refractivity (Wildman–Crippen MR) is 74.8 cm³/mol. The smallest absolute Gasteiger partial charge is 0.237 e. The van der Waals surface area contributed by atoms with E-state index in [1.807, 2.05) is 36.9 Å². The fourth-order valence-electron chi connectivity index (χ4n) is 1.98. The van der Waals surface area contributed by atoms with E-state index >= 15 is 0 Å². The normalized spacial score (nSPS) is 13.9. The summed E-state index contributed by atoms with van der Waals surface area (Å²) in [5, 5.41) is 10.2. The zero-order valence-corrected chi connectivity index (χ0v) is 11.7. The molecule has 0 aliphatic carbocycles. The van der Waals surface area contributed by atoms with Crippen molar-refractivity contribution in [2.45, 2.75) is 39.0 Å². The Morgan fingerprint density at radius 2 is 2.30 bits per heavy atom. The highest BCUT2D eigenvalue weighted by Gasteiger charge is 2.15. The van der Waals surface area contributed by atoms with Crippen molar-refractivity contribution in [3.05, 3.63) is 42.6 Å². The third-order valence-corrected chi connectivity index (χ3v) is 2.96. The fraction of sp³-hybridized carbons (Fsp3) is 0.429. The number of amides is 1. The highest BCUT2D eigenvalue weighted by molar-refractivity contribution is 5.81. The topological polar surface area (TPSA) is 72.1 Å². The highest BCUT2D eigenvalue weighted by Crippen LogP contribution is 1.99. The van der Waals surface area contributed by atoms with Gasteiger partial charge in [-0.15, -0.1) is 0 Å². The maximum Gasteiger partial charge on any atom is 0.237 e. The molecule has 0 spiro atoms. The lowest BCUT2D eigenvalue weighted by molar-refractivity contribution is -0.123. The Kier molecular flexibility index (Phi) is 4.95. The molecule has 2 aromatic heterocycles. The molecule has 2 aromatic rings. The molecule has 0 saturated heterocycles. The molecular formula is C14H20N4O2. The Morgan fingerprint density at radius 3 is 2.95 bits per heavy atom. The predicted octanol–water partition coefficient (Wildman–Crippen LogP) is 1.16. The molecule has 0 aromatic carbocycles. The molecule has 20 heavy (non-hydrogen) atoms. The van der Waals surface area contributed by atoms with Crippen LogP contribution in [0.5, 0.6) is 0 Å². The largest absolute Gasteiger partial charge is 0.467 e. The van der Waals surface area contributed by atoms with Crippen LogP contribution in [0.1, 0.15) is 19.6 Å². The van der Waals surface area contributed by atoms with E-state index in [1.165, 1.54) is 0 Å². The quantitative estimate of drug-likeness (QED) is 0.796. The van der Waals surface area contributed by atoms with E-state index in [9.17, 15) is 4.79 Å². The molecule has 0 bridgehead atoms. The second-order valence-corrected chi connectivity index (χ2v) is 4.81. The first-order valence-electron chi connectivity index (χ1n) is 6.68. The summed E-state index contributed by atoms with van der Waals surface area (Å²) in [6.45, 7) is 5.00. The van der Waals surface area contributed by atoms with Crippen LogP contribution in [0, 0.1) is 0 Å². The standard InChI is InChI=1S/C14H20N4O2/c1-11(10-18-7-4-6-16-18)17-12(2)14(19)15-9-13-5-3-8-20-13/h3-8,11-12,17H,9-10H2,1-2H3,(H,15,19). The van der Waals surface area contributed by atoms with E-state index in [4.69, 9.17) is 4.42 Å². The van der Waals surface area contributed by atoms with Gasteiger partial charge in [0.15, 0.2) is 0 Å². The Hall–Kier alpha value is -2.08. The molecule has 6 nitrogen and oxygen atoms in total. The van der Waals surface area contributed by atoms with Crippen LogP contribution in [0.15, 0.2) is 41.3 Å². The molecule has 2 rings (SSSR count). The van der Waals surface area contributed by atoms with Crippen LogP contribution in [0.25, 0.3) is 0 Å². The van der Waals surface area contributed by atoms with Crippen LogP contribution in [-0.4, -0.2) is 27.8 Å². The maximum atomic E-state index is 11.9. The van der Waals surface area contributed by atoms with Gasteiger partial charge in [0.2, 0.25) is 5.91 Å². The molecule has 1 amide bonds. The molecule has 0 aliphatic heterocycles. The second kappa shape index (κ2) is 6.91. The summed E-state index contributed by atoms with van der Waals surface area (Å²) in [6.07, 6.45) is 5.24. The molecule has 0 aliphatic rings. The number of carbonyl (C=O) groups is 1. The van der Waals surface area contributed by atoms with Gasteiger partial charge in [0.25, 0.3) is 0 Å². The van der Waals surface area contributed by atoms with Crippen LogP contribution < -0.4 is 10.6 Å². The molecule has 2 unspecified atom stereocenters. The maximum absolute atomic E-state index is 11.9. The van der Waals surface area contributed by atoms with E-state index in [0.717, 1.165) is 12.3 Å². The van der Waals surface area contributed by atoms with Crippen LogP contribution >= 0.6 is 0 Å². The molecule has 0 saturated carbocycles. The van der Waals surface area contributed by atoms with Crippen molar-refractivity contribution >= 4 is 5.91 Å². The minimum Gasteiger partial charge on any atom is -0.467 e. The molecule has 0 radical (unpaired) electrons. The van der Waals surface area contributed by atoms with Gasteiger partial charge in [0.1, 0.15) is 5.76 Å². The summed E-state index contributed by atoms with van der Waals surface area (Å²) in [5.74, 6) is 0.698. The van der Waals surface area contributed by atoms with Crippen molar-refractivity contribution in [1.29, 1.82) is 0 Å². The average molecular weight is 276 g/mol. The number of hydrogen-bond donors (Lipinski definition) is 2. The third-order valence-electron chi connectivity index (χ3n) is 2.96. The fourth-order valence-corrected chi connectivity index (χ4v) is 1.98. The van der Waals surface area contributed by atoms with Crippen LogP contribution in [0.2, 0.25) is 0 Å². The number of rotatable bonds is 7. The molecule has 0 fully saturated rings. The van der Waals surface area contributed by atoms with E-state index < -0.39 is 0 Å². The summed E-state index contributed by atoms with van der Waals surface area (Å²) >= 11 is 0. The van der Waals surface area contributed by atoms with E-state index in [-0.39, 0.29) is 18.0 Å².